The number of hydrogen-bond acceptors (Lipinski definition) is 2. The average Bonchev–Trinajstić information content (AvgIpc) is 2.11. The maximum atomic E-state index is 8.55. The molecule has 0 bridgehead atoms. The normalized spacial score (nSPS) is 13.2. The fraction of sp³-hybridized carbons (Fsp3) is 1.00. The Morgan fingerprint density at radius 2 is 1.58 bits per heavy atom. The van der Waals surface area contributed by atoms with E-state index in [1.807, 2.05) is 0 Å². The Morgan fingerprint density at radius 1 is 1.00 bits per heavy atom. The molecule has 0 spiro atoms. The number of rotatable bonds is 8. The lowest BCUT2D eigenvalue weighted by Gasteiger charge is -2.11. The Morgan fingerprint density at radius 3 is 2.08 bits per heavy atom. The predicted octanol–water partition coefficient (Wildman–Crippen LogP) is 3.62. The topological polar surface area (TPSA) is 29.5 Å². The summed E-state index contributed by atoms with van der Waals surface area (Å²) in [5.74, 6) is 0. The van der Waals surface area contributed by atoms with Crippen LogP contribution in [0.15, 0.2) is 0 Å². The van der Waals surface area contributed by atoms with Gasteiger partial charge in [-0.1, -0.05) is 46.0 Å². The molecule has 0 aromatic carbocycles. The monoisotopic (exact) mass is 174 g/mol. The van der Waals surface area contributed by atoms with Gasteiger partial charge in [0, 0.05) is 0 Å². The predicted molar refractivity (Wildman–Crippen MR) is 51.2 cm³/mol. The zero-order valence-corrected chi connectivity index (χ0v) is 8.38. The molecule has 0 radical (unpaired) electrons. The van der Waals surface area contributed by atoms with Gasteiger partial charge in [-0.25, -0.2) is 4.89 Å². The van der Waals surface area contributed by atoms with E-state index in [0.29, 0.717) is 0 Å². The maximum Gasteiger partial charge on any atom is 0.0927 e. The van der Waals surface area contributed by atoms with E-state index in [1.54, 1.807) is 0 Å². The van der Waals surface area contributed by atoms with E-state index in [-0.39, 0.29) is 6.10 Å². The molecular formula is C10H22O2. The lowest BCUT2D eigenvalue weighted by molar-refractivity contribution is -0.281. The largest absolute Gasteiger partial charge is 0.252 e. The summed E-state index contributed by atoms with van der Waals surface area (Å²) in [7, 11) is 0. The Hall–Kier alpha value is -0.0800. The van der Waals surface area contributed by atoms with Gasteiger partial charge in [-0.05, 0) is 12.8 Å². The Balaban J connectivity index is 3.26. The van der Waals surface area contributed by atoms with Crippen LogP contribution in [0.3, 0.4) is 0 Å². The third kappa shape index (κ3) is 6.62. The molecule has 0 rings (SSSR count). The van der Waals surface area contributed by atoms with Crippen LogP contribution in [0.1, 0.15) is 58.8 Å². The van der Waals surface area contributed by atoms with Crippen LogP contribution in [0, 0.1) is 0 Å². The van der Waals surface area contributed by atoms with Crippen LogP contribution in [0.2, 0.25) is 0 Å². The van der Waals surface area contributed by atoms with Crippen LogP contribution in [0.25, 0.3) is 0 Å². The molecule has 1 unspecified atom stereocenters. The van der Waals surface area contributed by atoms with Crippen molar-refractivity contribution in [2.75, 3.05) is 0 Å². The van der Waals surface area contributed by atoms with E-state index < -0.39 is 0 Å². The minimum absolute atomic E-state index is 0.0801. The smallest absolute Gasteiger partial charge is 0.0927 e. The van der Waals surface area contributed by atoms with Crippen molar-refractivity contribution in [1.82, 2.24) is 0 Å². The van der Waals surface area contributed by atoms with Gasteiger partial charge in [0.25, 0.3) is 0 Å². The molecule has 0 amide bonds. The molecule has 74 valence electrons. The van der Waals surface area contributed by atoms with Gasteiger partial charge < -0.3 is 0 Å². The lowest BCUT2D eigenvalue weighted by atomic mass is 10.1. The first kappa shape index (κ1) is 11.9. The first-order valence-electron chi connectivity index (χ1n) is 5.15. The van der Waals surface area contributed by atoms with Gasteiger partial charge in [-0.2, -0.15) is 0 Å². The third-order valence-corrected chi connectivity index (χ3v) is 2.16. The van der Waals surface area contributed by atoms with Crippen molar-refractivity contribution in [3.8, 4) is 0 Å². The summed E-state index contributed by atoms with van der Waals surface area (Å²) in [6.07, 6.45) is 8.05. The van der Waals surface area contributed by atoms with Gasteiger partial charge in [0.1, 0.15) is 0 Å². The molecule has 0 aliphatic heterocycles. The SMILES string of the molecule is CCCCCC(CCCC)OO. The minimum atomic E-state index is 0.0801. The van der Waals surface area contributed by atoms with Crippen molar-refractivity contribution in [1.29, 1.82) is 0 Å². The van der Waals surface area contributed by atoms with Crippen LogP contribution in [0.4, 0.5) is 0 Å². The molecule has 0 aliphatic rings. The summed E-state index contributed by atoms with van der Waals surface area (Å²) >= 11 is 0. The van der Waals surface area contributed by atoms with Gasteiger partial charge in [0.15, 0.2) is 0 Å². The van der Waals surface area contributed by atoms with Crippen molar-refractivity contribution in [2.45, 2.75) is 64.9 Å². The van der Waals surface area contributed by atoms with Gasteiger partial charge >= 0.3 is 0 Å². The Labute approximate surface area is 75.9 Å². The van der Waals surface area contributed by atoms with Crippen LogP contribution in [-0.2, 0) is 4.89 Å². The molecule has 0 saturated carbocycles. The van der Waals surface area contributed by atoms with E-state index in [4.69, 9.17) is 5.26 Å². The first-order chi connectivity index (χ1) is 5.85. The summed E-state index contributed by atoms with van der Waals surface area (Å²) in [6, 6.07) is 0. The molecule has 12 heavy (non-hydrogen) atoms. The molecule has 0 aliphatic carbocycles. The van der Waals surface area contributed by atoms with E-state index in [9.17, 15) is 0 Å². The first-order valence-corrected chi connectivity index (χ1v) is 5.15. The molecular weight excluding hydrogens is 152 g/mol. The molecule has 0 fully saturated rings. The fourth-order valence-corrected chi connectivity index (χ4v) is 1.30. The third-order valence-electron chi connectivity index (χ3n) is 2.16. The average molecular weight is 174 g/mol. The molecule has 0 aromatic heterocycles. The quantitative estimate of drug-likeness (QED) is 0.346. The van der Waals surface area contributed by atoms with Crippen LogP contribution >= 0.6 is 0 Å². The summed E-state index contributed by atoms with van der Waals surface area (Å²) < 4.78 is 0. The highest BCUT2D eigenvalue weighted by atomic mass is 17.1. The number of unbranched alkanes of at least 4 members (excludes halogenated alkanes) is 3. The highest BCUT2D eigenvalue weighted by Gasteiger charge is 2.06. The Kier molecular flexibility index (Phi) is 8.95. The molecule has 0 aromatic rings. The number of hydrogen-bond donors (Lipinski definition) is 1. The highest BCUT2D eigenvalue weighted by Crippen LogP contribution is 2.11. The van der Waals surface area contributed by atoms with Crippen molar-refractivity contribution >= 4 is 0 Å². The van der Waals surface area contributed by atoms with E-state index >= 15 is 0 Å². The molecule has 0 saturated heterocycles. The maximum absolute atomic E-state index is 8.55. The zero-order valence-electron chi connectivity index (χ0n) is 8.38. The molecule has 0 heterocycles. The van der Waals surface area contributed by atoms with Gasteiger partial charge in [0.05, 0.1) is 6.10 Å². The summed E-state index contributed by atoms with van der Waals surface area (Å²) in [6.45, 7) is 4.33. The van der Waals surface area contributed by atoms with E-state index in [0.717, 1.165) is 19.3 Å². The molecule has 1 N–H and O–H groups in total. The Bertz CT molecular complexity index is 83.9. The van der Waals surface area contributed by atoms with E-state index in [2.05, 4.69) is 18.7 Å². The van der Waals surface area contributed by atoms with Crippen molar-refractivity contribution < 1.29 is 10.1 Å². The lowest BCUT2D eigenvalue weighted by Crippen LogP contribution is -2.10. The van der Waals surface area contributed by atoms with Crippen molar-refractivity contribution in [3.63, 3.8) is 0 Å². The second-order valence-electron chi connectivity index (χ2n) is 3.37. The van der Waals surface area contributed by atoms with Crippen LogP contribution in [0.5, 0.6) is 0 Å². The summed E-state index contributed by atoms with van der Waals surface area (Å²) in [5.41, 5.74) is 0. The van der Waals surface area contributed by atoms with Crippen LogP contribution in [-0.4, -0.2) is 11.4 Å². The van der Waals surface area contributed by atoms with Crippen LogP contribution < -0.4 is 0 Å². The summed E-state index contributed by atoms with van der Waals surface area (Å²) in [4.78, 5) is 4.40. The molecule has 2 nitrogen and oxygen atoms in total. The molecule has 1 atom stereocenters. The van der Waals surface area contributed by atoms with E-state index in [1.165, 1.54) is 25.7 Å². The fourth-order valence-electron chi connectivity index (χ4n) is 1.30. The highest BCUT2D eigenvalue weighted by molar-refractivity contribution is 4.56. The second-order valence-corrected chi connectivity index (χ2v) is 3.37. The van der Waals surface area contributed by atoms with Gasteiger partial charge in [-0.15, -0.1) is 0 Å². The van der Waals surface area contributed by atoms with Crippen molar-refractivity contribution in [2.24, 2.45) is 0 Å². The van der Waals surface area contributed by atoms with Crippen molar-refractivity contribution in [3.05, 3.63) is 0 Å². The second kappa shape index (κ2) is 9.01. The zero-order chi connectivity index (χ0) is 9.23. The molecule has 2 heteroatoms. The van der Waals surface area contributed by atoms with Gasteiger partial charge in [-0.3, -0.25) is 5.26 Å². The minimum Gasteiger partial charge on any atom is -0.252 e. The standard InChI is InChI=1S/C10H22O2/c1-3-5-7-9-10(12-11)8-6-4-2/h10-11H,3-9H2,1-2H3. The van der Waals surface area contributed by atoms with Gasteiger partial charge in [0.2, 0.25) is 0 Å². The summed E-state index contributed by atoms with van der Waals surface area (Å²) in [5, 5.41) is 8.55.